The monoisotopic (exact) mass is 453 g/mol. The minimum absolute atomic E-state index is 0. The van der Waals surface area contributed by atoms with Crippen molar-refractivity contribution < 1.29 is 4.79 Å². The van der Waals surface area contributed by atoms with E-state index in [1.54, 1.807) is 36.2 Å². The van der Waals surface area contributed by atoms with Gasteiger partial charge in [-0.05, 0) is 30.3 Å². The van der Waals surface area contributed by atoms with Crippen molar-refractivity contribution in [3.63, 3.8) is 0 Å². The van der Waals surface area contributed by atoms with Crippen molar-refractivity contribution >= 4 is 34.1 Å². The molecule has 0 aliphatic carbocycles. The highest BCUT2D eigenvalue weighted by Crippen LogP contribution is 2.29. The van der Waals surface area contributed by atoms with Gasteiger partial charge in [-0.15, -0.1) is 0 Å². The van der Waals surface area contributed by atoms with E-state index in [2.05, 4.69) is 6.07 Å². The fourth-order valence-electron chi connectivity index (χ4n) is 3.82. The molecule has 0 bridgehead atoms. The van der Waals surface area contributed by atoms with E-state index in [4.69, 9.17) is 11.6 Å². The number of para-hydroxylation sites is 1. The zero-order valence-corrected chi connectivity index (χ0v) is 19.4. The Hall–Kier alpha value is -3.34. The molecule has 1 amide bonds. The number of hydrogen-bond acceptors (Lipinski definition) is 5. The van der Waals surface area contributed by atoms with Crippen molar-refractivity contribution in [1.29, 1.82) is 5.26 Å². The quantitative estimate of drug-likeness (QED) is 0.625. The Morgan fingerprint density at radius 1 is 1.00 bits per heavy atom. The molecule has 0 saturated carbocycles. The number of pyridine rings is 1. The molecule has 8 heteroatoms. The number of rotatable bonds is 2. The minimum Gasteiger partial charge on any atom is -0.366 e. The fourth-order valence-corrected chi connectivity index (χ4v) is 3.94. The van der Waals surface area contributed by atoms with Gasteiger partial charge in [-0.3, -0.25) is 9.59 Å². The second-order valence-corrected chi connectivity index (χ2v) is 7.44. The van der Waals surface area contributed by atoms with Gasteiger partial charge in [0.05, 0.1) is 11.2 Å². The van der Waals surface area contributed by atoms with Crippen LogP contribution in [-0.2, 0) is 7.05 Å². The highest BCUT2D eigenvalue weighted by molar-refractivity contribution is 6.30. The standard InChI is InChI=1S/C22H19ClN4O2.C2H6.H3N/c1-25-19-5-3-2-4-17(19)20(18(14-24)22(25)29)26-10-12-27(13-11-26)21(28)15-6-8-16(23)9-7-15;1-2;/h2-9H,10-13H2,1H3;1-2H3;1H3. The molecule has 168 valence electrons. The van der Waals surface area contributed by atoms with Crippen LogP contribution in [-0.4, -0.2) is 41.6 Å². The summed E-state index contributed by atoms with van der Waals surface area (Å²) in [5.74, 6) is -0.0457. The van der Waals surface area contributed by atoms with Gasteiger partial charge < -0.3 is 20.5 Å². The number of fused-ring (bicyclic) bond motifs is 1. The lowest BCUT2D eigenvalue weighted by Crippen LogP contribution is -2.49. The van der Waals surface area contributed by atoms with Gasteiger partial charge in [0.15, 0.2) is 0 Å². The Labute approximate surface area is 193 Å². The maximum Gasteiger partial charge on any atom is 0.270 e. The number of nitriles is 1. The number of amides is 1. The Morgan fingerprint density at radius 2 is 1.59 bits per heavy atom. The van der Waals surface area contributed by atoms with Crippen molar-refractivity contribution in [2.75, 3.05) is 31.1 Å². The first-order valence-corrected chi connectivity index (χ1v) is 10.7. The smallest absolute Gasteiger partial charge is 0.270 e. The van der Waals surface area contributed by atoms with Crippen molar-refractivity contribution in [2.45, 2.75) is 13.8 Å². The lowest BCUT2D eigenvalue weighted by atomic mass is 10.1. The molecule has 0 radical (unpaired) electrons. The predicted octanol–water partition coefficient (Wildman–Crippen LogP) is 4.21. The number of benzene rings is 2. The number of piperazine rings is 1. The number of hydrogen-bond donors (Lipinski definition) is 1. The maximum atomic E-state index is 12.7. The Balaban J connectivity index is 0.00000118. The van der Waals surface area contributed by atoms with Crippen LogP contribution in [0.25, 0.3) is 10.9 Å². The molecule has 0 atom stereocenters. The van der Waals surface area contributed by atoms with E-state index < -0.39 is 0 Å². The van der Waals surface area contributed by atoms with E-state index in [0.29, 0.717) is 42.5 Å². The Kier molecular flexibility index (Phi) is 8.41. The topological polar surface area (TPSA) is 104 Å². The van der Waals surface area contributed by atoms with Crippen LogP contribution in [0.4, 0.5) is 5.69 Å². The van der Waals surface area contributed by atoms with Gasteiger partial charge in [0.1, 0.15) is 11.6 Å². The van der Waals surface area contributed by atoms with E-state index >= 15 is 0 Å². The molecule has 1 aromatic heterocycles. The molecular formula is C24H28ClN5O2. The number of halogens is 1. The lowest BCUT2D eigenvalue weighted by molar-refractivity contribution is 0.0747. The number of anilines is 1. The summed E-state index contributed by atoms with van der Waals surface area (Å²) in [5, 5.41) is 11.1. The van der Waals surface area contributed by atoms with Crippen molar-refractivity contribution in [1.82, 2.24) is 15.6 Å². The van der Waals surface area contributed by atoms with Crippen LogP contribution >= 0.6 is 11.6 Å². The molecule has 2 aromatic carbocycles. The molecule has 4 rings (SSSR count). The van der Waals surface area contributed by atoms with Crippen LogP contribution in [0.15, 0.2) is 53.3 Å². The Bertz CT molecular complexity index is 1190. The van der Waals surface area contributed by atoms with Crippen LogP contribution in [0.2, 0.25) is 5.02 Å². The second-order valence-electron chi connectivity index (χ2n) is 7.00. The number of aromatic nitrogens is 1. The number of nitrogens with zero attached hydrogens (tertiary/aromatic N) is 4. The summed E-state index contributed by atoms with van der Waals surface area (Å²) in [6.07, 6.45) is 0. The molecule has 0 unspecified atom stereocenters. The van der Waals surface area contributed by atoms with Crippen molar-refractivity contribution in [3.8, 4) is 6.07 Å². The summed E-state index contributed by atoms with van der Waals surface area (Å²) in [5.41, 5.74) is 1.88. The zero-order valence-electron chi connectivity index (χ0n) is 18.6. The summed E-state index contributed by atoms with van der Waals surface area (Å²) in [4.78, 5) is 29.3. The molecule has 1 aliphatic heterocycles. The molecule has 1 fully saturated rings. The van der Waals surface area contributed by atoms with Crippen LogP contribution < -0.4 is 16.6 Å². The molecule has 3 aromatic rings. The first-order chi connectivity index (χ1) is 15.0. The largest absolute Gasteiger partial charge is 0.366 e. The normalized spacial score (nSPS) is 13.0. The van der Waals surface area contributed by atoms with Gasteiger partial charge >= 0.3 is 0 Å². The van der Waals surface area contributed by atoms with Crippen LogP contribution in [0.1, 0.15) is 29.8 Å². The molecular weight excluding hydrogens is 426 g/mol. The van der Waals surface area contributed by atoms with Crippen molar-refractivity contribution in [3.05, 3.63) is 75.0 Å². The summed E-state index contributed by atoms with van der Waals surface area (Å²) in [6, 6.07) is 16.5. The number of carbonyl (C=O) groups excluding carboxylic acids is 1. The van der Waals surface area contributed by atoms with Crippen molar-refractivity contribution in [2.24, 2.45) is 7.05 Å². The second kappa shape index (κ2) is 10.8. The Morgan fingerprint density at radius 3 is 2.19 bits per heavy atom. The van der Waals surface area contributed by atoms with Crippen LogP contribution in [0.3, 0.4) is 0 Å². The fraction of sp³-hybridized carbons (Fsp3) is 0.292. The molecule has 3 N–H and O–H groups in total. The summed E-state index contributed by atoms with van der Waals surface area (Å²) in [7, 11) is 1.68. The highest BCUT2D eigenvalue weighted by atomic mass is 35.5. The van der Waals surface area contributed by atoms with E-state index in [0.717, 1.165) is 10.9 Å². The predicted molar refractivity (Wildman–Crippen MR) is 130 cm³/mol. The summed E-state index contributed by atoms with van der Waals surface area (Å²) in [6.45, 7) is 6.11. The average molecular weight is 454 g/mol. The van der Waals surface area contributed by atoms with E-state index in [-0.39, 0.29) is 23.2 Å². The SMILES string of the molecule is CC.Cn1c(=O)c(C#N)c(N2CCN(C(=O)c3ccc(Cl)cc3)CC2)c2ccccc21.N. The first-order valence-electron chi connectivity index (χ1n) is 10.3. The minimum atomic E-state index is -0.305. The van der Waals surface area contributed by atoms with E-state index in [1.165, 1.54) is 4.57 Å². The van der Waals surface area contributed by atoms with Gasteiger partial charge in [-0.1, -0.05) is 43.6 Å². The molecule has 0 spiro atoms. The van der Waals surface area contributed by atoms with E-state index in [9.17, 15) is 14.9 Å². The molecule has 7 nitrogen and oxygen atoms in total. The molecule has 1 saturated heterocycles. The third kappa shape index (κ3) is 4.62. The van der Waals surface area contributed by atoms with Gasteiger partial charge in [0.2, 0.25) is 0 Å². The first kappa shape index (κ1) is 24.9. The number of aryl methyl sites for hydroxylation is 1. The van der Waals surface area contributed by atoms with Crippen LogP contribution in [0.5, 0.6) is 0 Å². The summed E-state index contributed by atoms with van der Waals surface area (Å²) < 4.78 is 1.51. The zero-order chi connectivity index (χ0) is 22.5. The van der Waals surface area contributed by atoms with Gasteiger partial charge in [-0.2, -0.15) is 5.26 Å². The van der Waals surface area contributed by atoms with Gasteiger partial charge in [0.25, 0.3) is 11.5 Å². The summed E-state index contributed by atoms with van der Waals surface area (Å²) >= 11 is 5.90. The van der Waals surface area contributed by atoms with Gasteiger partial charge in [0, 0.05) is 49.2 Å². The third-order valence-corrected chi connectivity index (χ3v) is 5.61. The maximum absolute atomic E-state index is 12.7. The third-order valence-electron chi connectivity index (χ3n) is 5.36. The van der Waals surface area contributed by atoms with Crippen LogP contribution in [0, 0.1) is 11.3 Å². The molecule has 1 aliphatic rings. The van der Waals surface area contributed by atoms with E-state index in [1.807, 2.05) is 43.0 Å². The average Bonchev–Trinajstić information content (AvgIpc) is 2.82. The van der Waals surface area contributed by atoms with Gasteiger partial charge in [-0.25, -0.2) is 0 Å². The highest BCUT2D eigenvalue weighted by Gasteiger charge is 2.26. The molecule has 2 heterocycles. The lowest BCUT2D eigenvalue weighted by Gasteiger charge is -2.37. The molecule has 32 heavy (non-hydrogen) atoms. The number of carbonyl (C=O) groups is 1.